The molecule has 0 aliphatic rings. The number of carboxylic acids is 1. The average molecular weight is 331 g/mol. The molecule has 0 unspecified atom stereocenters. The van der Waals surface area contributed by atoms with Crippen LogP contribution in [0.5, 0.6) is 5.75 Å². The van der Waals surface area contributed by atoms with E-state index in [-0.39, 0.29) is 24.6 Å². The fourth-order valence-electron chi connectivity index (χ4n) is 2.27. The Labute approximate surface area is 140 Å². The van der Waals surface area contributed by atoms with Gasteiger partial charge in [-0.2, -0.15) is 0 Å². The summed E-state index contributed by atoms with van der Waals surface area (Å²) >= 11 is 0. The first-order valence-corrected chi connectivity index (χ1v) is 7.54. The van der Waals surface area contributed by atoms with Crippen LogP contribution >= 0.6 is 0 Å². The summed E-state index contributed by atoms with van der Waals surface area (Å²) in [6, 6.07) is 7.25. The normalized spacial score (nSPS) is 10.5. The number of aromatic carboxylic acids is 1. The second kappa shape index (κ2) is 7.21. The lowest BCUT2D eigenvalue weighted by Gasteiger charge is -2.17. The van der Waals surface area contributed by atoms with Gasteiger partial charge in [-0.15, -0.1) is 0 Å². The smallest absolute Gasteiger partial charge is 0.339 e. The molecular formula is C18H21NO5. The molecule has 2 rings (SSSR count). The number of nitrogens with zero attached hydrogens (tertiary/aromatic N) is 1. The highest BCUT2D eigenvalue weighted by Gasteiger charge is 2.17. The number of carbonyl (C=O) groups excluding carboxylic acids is 1. The molecule has 0 atom stereocenters. The maximum atomic E-state index is 12.2. The van der Waals surface area contributed by atoms with Crippen LogP contribution in [0.3, 0.4) is 0 Å². The quantitative estimate of drug-likeness (QED) is 0.880. The Kier molecular flexibility index (Phi) is 5.28. The molecule has 1 aromatic carbocycles. The first-order chi connectivity index (χ1) is 11.3. The molecule has 1 N–H and O–H groups in total. The number of likely N-dealkylation sites (N-methyl/N-ethyl adjacent to an activating group) is 1. The van der Waals surface area contributed by atoms with Gasteiger partial charge in [0.1, 0.15) is 22.8 Å². The number of rotatable bonds is 6. The Morgan fingerprint density at radius 3 is 2.54 bits per heavy atom. The van der Waals surface area contributed by atoms with Crippen LogP contribution in [-0.4, -0.2) is 35.5 Å². The average Bonchev–Trinajstić information content (AvgIpc) is 2.88. The van der Waals surface area contributed by atoms with Gasteiger partial charge in [0, 0.05) is 7.05 Å². The summed E-state index contributed by atoms with van der Waals surface area (Å²) in [5.74, 6) is 0.160. The molecule has 0 bridgehead atoms. The van der Waals surface area contributed by atoms with Gasteiger partial charge >= 0.3 is 5.97 Å². The van der Waals surface area contributed by atoms with Crippen molar-refractivity contribution >= 4 is 11.9 Å². The van der Waals surface area contributed by atoms with Gasteiger partial charge < -0.3 is 19.2 Å². The van der Waals surface area contributed by atoms with Crippen molar-refractivity contribution in [1.29, 1.82) is 0 Å². The van der Waals surface area contributed by atoms with Crippen molar-refractivity contribution in [3.63, 3.8) is 0 Å². The zero-order valence-electron chi connectivity index (χ0n) is 14.3. The van der Waals surface area contributed by atoms with Gasteiger partial charge in [0.05, 0.1) is 6.54 Å². The van der Waals surface area contributed by atoms with Crippen molar-refractivity contribution in [3.8, 4) is 5.75 Å². The van der Waals surface area contributed by atoms with Crippen molar-refractivity contribution in [2.45, 2.75) is 27.3 Å². The van der Waals surface area contributed by atoms with Gasteiger partial charge in [0.25, 0.3) is 5.91 Å². The minimum atomic E-state index is -1.05. The molecule has 0 aliphatic carbocycles. The van der Waals surface area contributed by atoms with Crippen LogP contribution in [0.25, 0.3) is 0 Å². The minimum Gasteiger partial charge on any atom is -0.483 e. The van der Waals surface area contributed by atoms with E-state index in [0.717, 1.165) is 11.1 Å². The first kappa shape index (κ1) is 17.6. The van der Waals surface area contributed by atoms with E-state index < -0.39 is 5.97 Å². The second-order valence-electron chi connectivity index (χ2n) is 5.80. The fourth-order valence-corrected chi connectivity index (χ4v) is 2.27. The number of aryl methyl sites for hydroxylation is 3. The van der Waals surface area contributed by atoms with Crippen molar-refractivity contribution in [3.05, 3.63) is 52.5 Å². The summed E-state index contributed by atoms with van der Waals surface area (Å²) in [5, 5.41) is 9.02. The van der Waals surface area contributed by atoms with Crippen LogP contribution < -0.4 is 4.74 Å². The van der Waals surface area contributed by atoms with Gasteiger partial charge in [-0.3, -0.25) is 4.79 Å². The third kappa shape index (κ3) is 4.16. The van der Waals surface area contributed by atoms with Crippen LogP contribution in [-0.2, 0) is 11.3 Å². The predicted octanol–water partition coefficient (Wildman–Crippen LogP) is 2.94. The Morgan fingerprint density at radius 2 is 1.92 bits per heavy atom. The molecule has 1 amide bonds. The number of amides is 1. The van der Waals surface area contributed by atoms with Gasteiger partial charge in [0.2, 0.25) is 0 Å². The summed E-state index contributed by atoms with van der Waals surface area (Å²) in [4.78, 5) is 24.6. The molecule has 0 saturated carbocycles. The molecule has 0 aliphatic heterocycles. The second-order valence-corrected chi connectivity index (χ2v) is 5.80. The maximum absolute atomic E-state index is 12.2. The molecule has 24 heavy (non-hydrogen) atoms. The highest BCUT2D eigenvalue weighted by atomic mass is 16.5. The van der Waals surface area contributed by atoms with E-state index in [4.69, 9.17) is 14.3 Å². The summed E-state index contributed by atoms with van der Waals surface area (Å²) in [5.41, 5.74) is 2.13. The Morgan fingerprint density at radius 1 is 1.21 bits per heavy atom. The highest BCUT2D eigenvalue weighted by Crippen LogP contribution is 2.19. The number of hydrogen-bond acceptors (Lipinski definition) is 4. The number of ether oxygens (including phenoxy) is 1. The summed E-state index contributed by atoms with van der Waals surface area (Å²) in [7, 11) is 1.62. The van der Waals surface area contributed by atoms with Crippen LogP contribution in [0.2, 0.25) is 0 Å². The zero-order valence-corrected chi connectivity index (χ0v) is 14.3. The fraction of sp³-hybridized carbons (Fsp3) is 0.333. The van der Waals surface area contributed by atoms with Crippen molar-refractivity contribution < 1.29 is 23.8 Å². The van der Waals surface area contributed by atoms with E-state index in [1.807, 2.05) is 32.0 Å². The lowest BCUT2D eigenvalue weighted by molar-refractivity contribution is -0.132. The van der Waals surface area contributed by atoms with Crippen molar-refractivity contribution in [2.24, 2.45) is 0 Å². The molecule has 0 fully saturated rings. The van der Waals surface area contributed by atoms with Crippen LogP contribution in [0.4, 0.5) is 0 Å². The number of hydrogen-bond donors (Lipinski definition) is 1. The monoisotopic (exact) mass is 331 g/mol. The van der Waals surface area contributed by atoms with Crippen molar-refractivity contribution in [1.82, 2.24) is 4.90 Å². The molecule has 0 radical (unpaired) electrons. The largest absolute Gasteiger partial charge is 0.483 e. The Bertz CT molecular complexity index is 763. The van der Waals surface area contributed by atoms with Gasteiger partial charge in [0.15, 0.2) is 6.61 Å². The van der Waals surface area contributed by atoms with E-state index in [1.165, 1.54) is 11.0 Å². The SMILES string of the molecule is Cc1ccc(C)c(OCC(=O)N(C)Cc2cc(C(=O)O)c(C)o2)c1. The molecule has 1 heterocycles. The van der Waals surface area contributed by atoms with E-state index >= 15 is 0 Å². The van der Waals surface area contributed by atoms with E-state index in [9.17, 15) is 9.59 Å². The minimum absolute atomic E-state index is 0.0910. The van der Waals surface area contributed by atoms with E-state index in [0.29, 0.717) is 17.3 Å². The number of benzene rings is 1. The molecule has 128 valence electrons. The molecule has 0 saturated heterocycles. The van der Waals surface area contributed by atoms with Gasteiger partial charge in [-0.25, -0.2) is 4.79 Å². The molecule has 0 spiro atoms. The lowest BCUT2D eigenvalue weighted by Crippen LogP contribution is -2.30. The first-order valence-electron chi connectivity index (χ1n) is 7.54. The predicted molar refractivity (Wildman–Crippen MR) is 88.3 cm³/mol. The number of carbonyl (C=O) groups is 2. The molecule has 6 heteroatoms. The number of furan rings is 1. The van der Waals surface area contributed by atoms with Gasteiger partial charge in [-0.1, -0.05) is 12.1 Å². The summed E-state index contributed by atoms with van der Waals surface area (Å²) in [6.45, 7) is 5.55. The van der Waals surface area contributed by atoms with Crippen molar-refractivity contribution in [2.75, 3.05) is 13.7 Å². The third-order valence-electron chi connectivity index (χ3n) is 3.71. The molecular weight excluding hydrogens is 310 g/mol. The molecule has 1 aromatic heterocycles. The lowest BCUT2D eigenvalue weighted by atomic mass is 10.1. The maximum Gasteiger partial charge on any atom is 0.339 e. The zero-order chi connectivity index (χ0) is 17.9. The molecule has 2 aromatic rings. The van der Waals surface area contributed by atoms with Crippen LogP contribution in [0.15, 0.2) is 28.7 Å². The highest BCUT2D eigenvalue weighted by molar-refractivity contribution is 5.88. The van der Waals surface area contributed by atoms with Crippen LogP contribution in [0.1, 0.15) is 33.0 Å². The summed E-state index contributed by atoms with van der Waals surface area (Å²) in [6.07, 6.45) is 0. The van der Waals surface area contributed by atoms with Crippen LogP contribution in [0, 0.1) is 20.8 Å². The van der Waals surface area contributed by atoms with Gasteiger partial charge in [-0.05, 0) is 44.0 Å². The molecule has 6 nitrogen and oxygen atoms in total. The van der Waals surface area contributed by atoms with E-state index in [2.05, 4.69) is 0 Å². The third-order valence-corrected chi connectivity index (χ3v) is 3.71. The summed E-state index contributed by atoms with van der Waals surface area (Å²) < 4.78 is 11.0. The topological polar surface area (TPSA) is 80.0 Å². The Balaban J connectivity index is 1.96. The van der Waals surface area contributed by atoms with E-state index in [1.54, 1.807) is 14.0 Å². The Hall–Kier alpha value is -2.76. The standard InChI is InChI=1S/C18H21NO5/c1-11-5-6-12(2)16(7-11)23-10-17(20)19(4)9-14-8-15(18(21)22)13(3)24-14/h5-8H,9-10H2,1-4H3,(H,21,22). The number of carboxylic acid groups (broad SMARTS) is 1.